The number of pyridine rings is 1. The number of nitrogens with two attached hydrogens (primary N) is 1. The quantitative estimate of drug-likeness (QED) is 0.827. The fourth-order valence-electron chi connectivity index (χ4n) is 1.33. The topological polar surface area (TPSA) is 50.9 Å². The smallest absolute Gasteiger partial charge is 0.130 e. The summed E-state index contributed by atoms with van der Waals surface area (Å²) < 4.78 is 1.01. The number of benzene rings is 1. The van der Waals surface area contributed by atoms with Gasteiger partial charge in [-0.15, -0.1) is 0 Å². The minimum atomic E-state index is 0.755. The summed E-state index contributed by atoms with van der Waals surface area (Å²) in [5.41, 5.74) is 8.30. The minimum absolute atomic E-state index is 0.755. The van der Waals surface area contributed by atoms with E-state index >= 15 is 0 Å². The lowest BCUT2D eigenvalue weighted by molar-refractivity contribution is 1.18. The fraction of sp³-hybridized carbons (Fsp3) is 0.0833. The molecule has 2 rings (SSSR count). The van der Waals surface area contributed by atoms with Gasteiger partial charge in [0.05, 0.1) is 5.69 Å². The number of aromatic nitrogens is 1. The SMILES string of the molecule is Cc1nc(Nc2ccc(N)cc2)ccc1Br. The number of aryl methyl sites for hydroxylation is 1. The van der Waals surface area contributed by atoms with E-state index in [0.717, 1.165) is 27.4 Å². The van der Waals surface area contributed by atoms with Crippen molar-refractivity contribution < 1.29 is 0 Å². The molecule has 0 aliphatic heterocycles. The number of anilines is 3. The standard InChI is InChI=1S/C12H12BrN3/c1-8-11(13)6-7-12(15-8)16-10-4-2-9(14)3-5-10/h2-7H,14H2,1H3,(H,15,16). The van der Waals surface area contributed by atoms with Crippen LogP contribution in [-0.4, -0.2) is 4.98 Å². The number of nitrogens with one attached hydrogen (secondary N) is 1. The Labute approximate surface area is 103 Å². The van der Waals surface area contributed by atoms with E-state index in [9.17, 15) is 0 Å². The van der Waals surface area contributed by atoms with Crippen LogP contribution in [0.2, 0.25) is 0 Å². The van der Waals surface area contributed by atoms with Gasteiger partial charge in [0.2, 0.25) is 0 Å². The highest BCUT2D eigenvalue weighted by Gasteiger charge is 1.99. The summed E-state index contributed by atoms with van der Waals surface area (Å²) in [7, 11) is 0. The zero-order valence-corrected chi connectivity index (χ0v) is 10.5. The molecule has 16 heavy (non-hydrogen) atoms. The maximum absolute atomic E-state index is 5.61. The zero-order valence-electron chi connectivity index (χ0n) is 8.87. The van der Waals surface area contributed by atoms with Crippen molar-refractivity contribution in [3.63, 3.8) is 0 Å². The average Bonchev–Trinajstić information content (AvgIpc) is 2.27. The molecular formula is C12H12BrN3. The van der Waals surface area contributed by atoms with E-state index in [2.05, 4.69) is 26.2 Å². The number of nitrogen functional groups attached to an aromatic ring is 1. The summed E-state index contributed by atoms with van der Waals surface area (Å²) in [5, 5.41) is 3.21. The Kier molecular flexibility index (Phi) is 3.10. The van der Waals surface area contributed by atoms with Crippen LogP contribution in [0.3, 0.4) is 0 Å². The number of halogens is 1. The Morgan fingerprint density at radius 3 is 2.44 bits per heavy atom. The van der Waals surface area contributed by atoms with E-state index in [4.69, 9.17) is 5.73 Å². The molecule has 0 amide bonds. The molecule has 0 bridgehead atoms. The van der Waals surface area contributed by atoms with E-state index in [1.54, 1.807) is 0 Å². The van der Waals surface area contributed by atoms with E-state index in [1.165, 1.54) is 0 Å². The molecular weight excluding hydrogens is 266 g/mol. The van der Waals surface area contributed by atoms with Gasteiger partial charge in [0.25, 0.3) is 0 Å². The van der Waals surface area contributed by atoms with Crippen LogP contribution in [0, 0.1) is 6.92 Å². The highest BCUT2D eigenvalue weighted by Crippen LogP contribution is 2.20. The van der Waals surface area contributed by atoms with E-state index < -0.39 is 0 Å². The lowest BCUT2D eigenvalue weighted by Crippen LogP contribution is -1.95. The first-order valence-corrected chi connectivity index (χ1v) is 5.70. The first kappa shape index (κ1) is 11.0. The second-order valence-electron chi connectivity index (χ2n) is 3.51. The molecule has 3 nitrogen and oxygen atoms in total. The minimum Gasteiger partial charge on any atom is -0.399 e. The Morgan fingerprint density at radius 2 is 1.81 bits per heavy atom. The van der Waals surface area contributed by atoms with Gasteiger partial charge in [-0.3, -0.25) is 0 Å². The van der Waals surface area contributed by atoms with Crippen molar-refractivity contribution in [3.05, 3.63) is 46.6 Å². The van der Waals surface area contributed by atoms with Crippen LogP contribution < -0.4 is 11.1 Å². The Balaban J connectivity index is 2.20. The van der Waals surface area contributed by atoms with Gasteiger partial charge in [-0.1, -0.05) is 0 Å². The van der Waals surface area contributed by atoms with Gasteiger partial charge in [-0.2, -0.15) is 0 Å². The maximum atomic E-state index is 5.61. The first-order valence-electron chi connectivity index (χ1n) is 4.91. The van der Waals surface area contributed by atoms with Crippen molar-refractivity contribution in [2.24, 2.45) is 0 Å². The van der Waals surface area contributed by atoms with Crippen LogP contribution in [0.1, 0.15) is 5.69 Å². The first-order chi connectivity index (χ1) is 7.65. The monoisotopic (exact) mass is 277 g/mol. The lowest BCUT2D eigenvalue weighted by atomic mass is 10.3. The van der Waals surface area contributed by atoms with Crippen LogP contribution >= 0.6 is 15.9 Å². The van der Waals surface area contributed by atoms with Crippen LogP contribution in [-0.2, 0) is 0 Å². The molecule has 0 aliphatic rings. The van der Waals surface area contributed by atoms with Gasteiger partial charge in [-0.05, 0) is 59.3 Å². The third kappa shape index (κ3) is 2.52. The Hall–Kier alpha value is -1.55. The molecule has 0 saturated heterocycles. The molecule has 0 unspecified atom stereocenters. The number of hydrogen-bond acceptors (Lipinski definition) is 3. The number of nitrogens with zero attached hydrogens (tertiary/aromatic N) is 1. The summed E-state index contributed by atoms with van der Waals surface area (Å²) in [6.45, 7) is 1.96. The molecule has 4 heteroatoms. The molecule has 0 fully saturated rings. The molecule has 0 saturated carbocycles. The van der Waals surface area contributed by atoms with Crippen molar-refractivity contribution in [1.29, 1.82) is 0 Å². The van der Waals surface area contributed by atoms with Crippen LogP contribution in [0.15, 0.2) is 40.9 Å². The van der Waals surface area contributed by atoms with Gasteiger partial charge < -0.3 is 11.1 Å². The molecule has 0 atom stereocenters. The highest BCUT2D eigenvalue weighted by molar-refractivity contribution is 9.10. The predicted octanol–water partition coefficient (Wildman–Crippen LogP) is 3.48. The summed E-state index contributed by atoms with van der Waals surface area (Å²) in [6.07, 6.45) is 0. The van der Waals surface area contributed by atoms with Crippen molar-refractivity contribution in [1.82, 2.24) is 4.98 Å². The molecule has 1 aromatic carbocycles. The van der Waals surface area contributed by atoms with Crippen LogP contribution in [0.4, 0.5) is 17.2 Å². The fourth-order valence-corrected chi connectivity index (χ4v) is 1.55. The second kappa shape index (κ2) is 4.53. The number of rotatable bonds is 2. The summed E-state index contributed by atoms with van der Waals surface area (Å²) in [5.74, 6) is 0.825. The largest absolute Gasteiger partial charge is 0.399 e. The average molecular weight is 278 g/mol. The predicted molar refractivity (Wildman–Crippen MR) is 70.8 cm³/mol. The molecule has 2 aromatic rings. The maximum Gasteiger partial charge on any atom is 0.130 e. The summed E-state index contributed by atoms with van der Waals surface area (Å²) in [4.78, 5) is 4.40. The highest BCUT2D eigenvalue weighted by atomic mass is 79.9. The lowest BCUT2D eigenvalue weighted by Gasteiger charge is -2.07. The Bertz CT molecular complexity index is 494. The third-order valence-corrected chi connectivity index (χ3v) is 3.04. The van der Waals surface area contributed by atoms with Crippen molar-refractivity contribution in [2.45, 2.75) is 6.92 Å². The van der Waals surface area contributed by atoms with E-state index in [1.807, 2.05) is 43.3 Å². The normalized spacial score (nSPS) is 10.1. The van der Waals surface area contributed by atoms with Crippen LogP contribution in [0.5, 0.6) is 0 Å². The van der Waals surface area contributed by atoms with Gasteiger partial charge in [0.15, 0.2) is 0 Å². The van der Waals surface area contributed by atoms with Crippen molar-refractivity contribution >= 4 is 33.1 Å². The molecule has 1 heterocycles. The summed E-state index contributed by atoms with van der Waals surface area (Å²) >= 11 is 3.42. The Morgan fingerprint density at radius 1 is 1.12 bits per heavy atom. The van der Waals surface area contributed by atoms with Gasteiger partial charge in [-0.25, -0.2) is 4.98 Å². The van der Waals surface area contributed by atoms with Gasteiger partial charge in [0, 0.05) is 15.8 Å². The van der Waals surface area contributed by atoms with E-state index in [0.29, 0.717) is 0 Å². The second-order valence-corrected chi connectivity index (χ2v) is 4.37. The molecule has 1 aromatic heterocycles. The third-order valence-electron chi connectivity index (χ3n) is 2.20. The number of hydrogen-bond donors (Lipinski definition) is 2. The van der Waals surface area contributed by atoms with Crippen molar-refractivity contribution in [2.75, 3.05) is 11.1 Å². The zero-order chi connectivity index (χ0) is 11.5. The van der Waals surface area contributed by atoms with Crippen LogP contribution in [0.25, 0.3) is 0 Å². The molecule has 0 spiro atoms. The molecule has 0 aliphatic carbocycles. The molecule has 0 radical (unpaired) electrons. The van der Waals surface area contributed by atoms with Crippen molar-refractivity contribution in [3.8, 4) is 0 Å². The van der Waals surface area contributed by atoms with Gasteiger partial charge in [0.1, 0.15) is 5.82 Å². The molecule has 82 valence electrons. The van der Waals surface area contributed by atoms with Gasteiger partial charge >= 0.3 is 0 Å². The van der Waals surface area contributed by atoms with E-state index in [-0.39, 0.29) is 0 Å². The summed E-state index contributed by atoms with van der Waals surface area (Å²) in [6, 6.07) is 11.5. The molecule has 3 N–H and O–H groups in total.